The fraction of sp³-hybridized carbons (Fsp3) is 0. The van der Waals surface area contributed by atoms with Gasteiger partial charge in [0.25, 0.3) is 0 Å². The molecule has 0 aliphatic carbocycles. The van der Waals surface area contributed by atoms with Gasteiger partial charge >= 0.3 is 18.9 Å². The third kappa shape index (κ3) is 4.08. The molecular weight excluding hydrogens is 143 g/mol. The molecule has 0 fully saturated rings. The second-order valence-corrected chi connectivity index (χ2v) is 2.21. The summed E-state index contributed by atoms with van der Waals surface area (Å²) in [5, 5.41) is 10.4. The number of hydrogen-bond acceptors (Lipinski definition) is 1. The van der Waals surface area contributed by atoms with Crippen LogP contribution < -0.4 is 24.0 Å². The first kappa shape index (κ1) is 11.1. The summed E-state index contributed by atoms with van der Waals surface area (Å²) in [5.74, 6) is -0.172. The molecule has 0 N–H and O–H groups in total. The van der Waals surface area contributed by atoms with Gasteiger partial charge in [0.05, 0.1) is 0 Å². The minimum Gasteiger partial charge on any atom is -0.873 e. The van der Waals surface area contributed by atoms with Crippen molar-refractivity contribution in [3.8, 4) is 0 Å². The fourth-order valence-corrected chi connectivity index (χ4v) is 0.753. The first-order valence-corrected chi connectivity index (χ1v) is 3.38. The van der Waals surface area contributed by atoms with Gasteiger partial charge in [0.15, 0.2) is 0 Å². The molecule has 0 aliphatic rings. The standard InChI is InChI=1S/C10H10O.Li/c1-9(11)7-8-10-5-3-2-4-6-10;/h2-8,11H,1H2;/q;+1/p-1/b8-7+;. The van der Waals surface area contributed by atoms with E-state index in [1.807, 2.05) is 30.3 Å². The van der Waals surface area contributed by atoms with Crippen molar-refractivity contribution in [2.75, 3.05) is 0 Å². The van der Waals surface area contributed by atoms with Crippen LogP contribution in [0.3, 0.4) is 0 Å². The van der Waals surface area contributed by atoms with Crippen molar-refractivity contribution in [1.82, 2.24) is 0 Å². The molecule has 0 unspecified atom stereocenters. The fourth-order valence-electron chi connectivity index (χ4n) is 0.753. The zero-order valence-corrected chi connectivity index (χ0v) is 7.16. The first-order valence-electron chi connectivity index (χ1n) is 3.38. The van der Waals surface area contributed by atoms with Crippen LogP contribution in [0.15, 0.2) is 48.7 Å². The van der Waals surface area contributed by atoms with Gasteiger partial charge in [-0.15, -0.1) is 12.3 Å². The van der Waals surface area contributed by atoms with Gasteiger partial charge in [-0.2, -0.15) is 0 Å². The molecule has 0 saturated heterocycles. The Morgan fingerprint density at radius 1 is 1.25 bits per heavy atom. The van der Waals surface area contributed by atoms with Gasteiger partial charge in [-0.1, -0.05) is 42.5 Å². The van der Waals surface area contributed by atoms with Crippen molar-refractivity contribution in [3.05, 3.63) is 54.3 Å². The average molecular weight is 152 g/mol. The van der Waals surface area contributed by atoms with E-state index in [-0.39, 0.29) is 24.6 Å². The smallest absolute Gasteiger partial charge is 0.873 e. The molecule has 0 radical (unpaired) electrons. The van der Waals surface area contributed by atoms with Gasteiger partial charge in [0, 0.05) is 0 Å². The van der Waals surface area contributed by atoms with Gasteiger partial charge < -0.3 is 5.11 Å². The van der Waals surface area contributed by atoms with E-state index in [0.717, 1.165) is 5.56 Å². The maximum absolute atomic E-state index is 10.4. The summed E-state index contributed by atoms with van der Waals surface area (Å²) in [6.45, 7) is 3.23. The predicted molar refractivity (Wildman–Crippen MR) is 44.6 cm³/mol. The van der Waals surface area contributed by atoms with Crippen LogP contribution in [0.25, 0.3) is 6.08 Å². The van der Waals surface area contributed by atoms with Gasteiger partial charge in [-0.3, -0.25) is 0 Å². The molecule has 0 bridgehead atoms. The van der Waals surface area contributed by atoms with E-state index >= 15 is 0 Å². The molecular formula is C10H9LiO. The summed E-state index contributed by atoms with van der Waals surface area (Å²) in [7, 11) is 0. The second kappa shape index (κ2) is 5.71. The Morgan fingerprint density at radius 3 is 2.33 bits per heavy atom. The van der Waals surface area contributed by atoms with Crippen LogP contribution in [-0.4, -0.2) is 0 Å². The Kier molecular flexibility index (Phi) is 5.28. The van der Waals surface area contributed by atoms with Gasteiger partial charge in [-0.05, 0) is 5.56 Å². The van der Waals surface area contributed by atoms with Crippen LogP contribution >= 0.6 is 0 Å². The Balaban J connectivity index is 0.00000121. The summed E-state index contributed by atoms with van der Waals surface area (Å²) in [4.78, 5) is 0. The van der Waals surface area contributed by atoms with E-state index < -0.39 is 0 Å². The minimum absolute atomic E-state index is 0. The molecule has 1 nitrogen and oxygen atoms in total. The summed E-state index contributed by atoms with van der Waals surface area (Å²) in [5.41, 5.74) is 1.02. The molecule has 0 atom stereocenters. The monoisotopic (exact) mass is 152 g/mol. The Bertz CT molecular complexity index is 264. The Labute approximate surface area is 84.6 Å². The van der Waals surface area contributed by atoms with E-state index in [4.69, 9.17) is 0 Å². The topological polar surface area (TPSA) is 23.1 Å². The third-order valence-electron chi connectivity index (χ3n) is 1.26. The van der Waals surface area contributed by atoms with Crippen LogP contribution in [0.1, 0.15) is 5.56 Å². The third-order valence-corrected chi connectivity index (χ3v) is 1.26. The van der Waals surface area contributed by atoms with Crippen LogP contribution in [0, 0.1) is 0 Å². The van der Waals surface area contributed by atoms with Crippen LogP contribution in [-0.2, 0) is 0 Å². The maximum atomic E-state index is 10.4. The SMILES string of the molecule is C=C([O-])/C=C/c1ccccc1.[Li+]. The molecule has 0 spiro atoms. The molecule has 0 amide bonds. The minimum atomic E-state index is -0.172. The van der Waals surface area contributed by atoms with E-state index in [0.29, 0.717) is 0 Å². The average Bonchev–Trinajstić information content (AvgIpc) is 2.03. The van der Waals surface area contributed by atoms with Gasteiger partial charge in [-0.25, -0.2) is 0 Å². The van der Waals surface area contributed by atoms with Crippen LogP contribution in [0.4, 0.5) is 0 Å². The van der Waals surface area contributed by atoms with Crippen molar-refractivity contribution >= 4 is 6.08 Å². The van der Waals surface area contributed by atoms with Crippen molar-refractivity contribution in [2.45, 2.75) is 0 Å². The number of rotatable bonds is 2. The second-order valence-electron chi connectivity index (χ2n) is 2.21. The maximum Gasteiger partial charge on any atom is 1.00 e. The zero-order valence-electron chi connectivity index (χ0n) is 7.16. The summed E-state index contributed by atoms with van der Waals surface area (Å²) in [6.07, 6.45) is 3.20. The van der Waals surface area contributed by atoms with Crippen molar-refractivity contribution in [1.29, 1.82) is 0 Å². The normalized spacial score (nSPS) is 9.33. The largest absolute Gasteiger partial charge is 1.00 e. The molecule has 12 heavy (non-hydrogen) atoms. The van der Waals surface area contributed by atoms with Crippen molar-refractivity contribution in [3.63, 3.8) is 0 Å². The zero-order chi connectivity index (χ0) is 8.10. The molecule has 2 heteroatoms. The number of allylic oxidation sites excluding steroid dienone is 1. The Hall–Kier alpha value is -0.903. The van der Waals surface area contributed by atoms with Crippen molar-refractivity contribution in [2.24, 2.45) is 0 Å². The molecule has 0 aromatic heterocycles. The van der Waals surface area contributed by atoms with Crippen LogP contribution in [0.5, 0.6) is 0 Å². The molecule has 56 valence electrons. The molecule has 0 heterocycles. The molecule has 0 saturated carbocycles. The van der Waals surface area contributed by atoms with E-state index in [2.05, 4.69) is 6.58 Å². The number of hydrogen-bond donors (Lipinski definition) is 0. The van der Waals surface area contributed by atoms with E-state index in [1.165, 1.54) is 6.08 Å². The molecule has 1 aromatic rings. The quantitative estimate of drug-likeness (QED) is 0.290. The van der Waals surface area contributed by atoms with Crippen LogP contribution in [0.2, 0.25) is 0 Å². The van der Waals surface area contributed by atoms with E-state index in [1.54, 1.807) is 6.08 Å². The molecule has 0 aliphatic heterocycles. The van der Waals surface area contributed by atoms with Gasteiger partial charge in [0.2, 0.25) is 0 Å². The summed E-state index contributed by atoms with van der Waals surface area (Å²) >= 11 is 0. The van der Waals surface area contributed by atoms with Gasteiger partial charge in [0.1, 0.15) is 0 Å². The van der Waals surface area contributed by atoms with Crippen molar-refractivity contribution < 1.29 is 24.0 Å². The Morgan fingerprint density at radius 2 is 1.83 bits per heavy atom. The predicted octanol–water partition coefficient (Wildman–Crippen LogP) is -1.42. The molecule has 1 rings (SSSR count). The number of benzene rings is 1. The van der Waals surface area contributed by atoms with E-state index in [9.17, 15) is 5.11 Å². The summed E-state index contributed by atoms with van der Waals surface area (Å²) in [6, 6.07) is 9.64. The summed E-state index contributed by atoms with van der Waals surface area (Å²) < 4.78 is 0. The first-order chi connectivity index (χ1) is 5.29. The molecule has 1 aromatic carbocycles.